The quantitative estimate of drug-likeness (QED) is 0.676. The third-order valence-corrected chi connectivity index (χ3v) is 2.49. The number of nitrogens with zero attached hydrogens (tertiary/aromatic N) is 1. The number of nitrogen functional groups attached to an aromatic ring is 1. The summed E-state index contributed by atoms with van der Waals surface area (Å²) < 4.78 is 0.864. The highest BCUT2D eigenvalue weighted by Gasteiger charge is 2.13. The van der Waals surface area contributed by atoms with Crippen LogP contribution in [0.15, 0.2) is 35.3 Å². The molecular weight excluding hydrogens is 256 g/mol. The summed E-state index contributed by atoms with van der Waals surface area (Å²) >= 11 is 3.29. The monoisotopic (exact) mass is 268 g/mol. The van der Waals surface area contributed by atoms with Crippen LogP contribution in [-0.2, 0) is 0 Å². The van der Waals surface area contributed by atoms with Gasteiger partial charge in [-0.25, -0.2) is 0 Å². The van der Waals surface area contributed by atoms with Crippen molar-refractivity contribution in [2.75, 3.05) is 19.3 Å². The van der Waals surface area contributed by atoms with Crippen LogP contribution in [0, 0.1) is 0 Å². The Morgan fingerprint density at radius 1 is 1.67 bits per heavy atom. The lowest BCUT2D eigenvalue weighted by atomic mass is 10.1. The van der Waals surface area contributed by atoms with E-state index in [0.29, 0.717) is 17.8 Å². The van der Waals surface area contributed by atoms with Crippen LogP contribution in [0.2, 0.25) is 0 Å². The van der Waals surface area contributed by atoms with E-state index in [2.05, 4.69) is 22.5 Å². The lowest BCUT2D eigenvalue weighted by molar-refractivity contribution is 0.0811. The van der Waals surface area contributed by atoms with Gasteiger partial charge in [0.1, 0.15) is 0 Å². The number of halogens is 1. The summed E-state index contributed by atoms with van der Waals surface area (Å²) in [5, 5.41) is 0. The molecule has 0 radical (unpaired) electrons. The predicted molar refractivity (Wildman–Crippen MR) is 65.7 cm³/mol. The maximum atomic E-state index is 11.8. The lowest BCUT2D eigenvalue weighted by Crippen LogP contribution is -2.27. The highest BCUT2D eigenvalue weighted by molar-refractivity contribution is 9.10. The molecule has 0 spiro atoms. The highest BCUT2D eigenvalue weighted by Crippen LogP contribution is 2.19. The van der Waals surface area contributed by atoms with E-state index in [4.69, 9.17) is 5.73 Å². The number of carbonyl (C=O) groups is 1. The number of nitrogens with two attached hydrogens (primary N) is 1. The molecule has 2 N–H and O–H groups in total. The second kappa shape index (κ2) is 4.98. The largest absolute Gasteiger partial charge is 0.398 e. The van der Waals surface area contributed by atoms with Crippen LogP contribution < -0.4 is 5.73 Å². The van der Waals surface area contributed by atoms with Crippen molar-refractivity contribution >= 4 is 27.5 Å². The second-order valence-corrected chi connectivity index (χ2v) is 4.12. The van der Waals surface area contributed by atoms with Crippen molar-refractivity contribution in [3.8, 4) is 0 Å². The Morgan fingerprint density at radius 2 is 2.33 bits per heavy atom. The fourth-order valence-electron chi connectivity index (χ4n) is 1.21. The number of amides is 1. The van der Waals surface area contributed by atoms with Gasteiger partial charge in [0.2, 0.25) is 0 Å². The first-order chi connectivity index (χ1) is 7.06. The molecule has 0 bridgehead atoms. The van der Waals surface area contributed by atoms with Crippen molar-refractivity contribution in [2.24, 2.45) is 0 Å². The Kier molecular flexibility index (Phi) is 3.91. The summed E-state index contributed by atoms with van der Waals surface area (Å²) in [5.74, 6) is -0.0973. The fraction of sp³-hybridized carbons (Fsp3) is 0.182. The maximum Gasteiger partial charge on any atom is 0.255 e. The van der Waals surface area contributed by atoms with Gasteiger partial charge in [0.25, 0.3) is 5.91 Å². The minimum absolute atomic E-state index is 0.0973. The minimum atomic E-state index is -0.0973. The third-order valence-electron chi connectivity index (χ3n) is 1.99. The molecule has 1 rings (SSSR count). The molecule has 0 aliphatic rings. The SMILES string of the molecule is C=CCN(C)C(=O)c1ccc(Br)cc1N. The zero-order valence-electron chi connectivity index (χ0n) is 8.53. The number of rotatable bonds is 3. The number of benzene rings is 1. The van der Waals surface area contributed by atoms with Crippen molar-refractivity contribution in [1.29, 1.82) is 0 Å². The Bertz CT molecular complexity index is 390. The summed E-state index contributed by atoms with van der Waals surface area (Å²) in [6, 6.07) is 5.22. The van der Waals surface area contributed by atoms with Crippen molar-refractivity contribution in [1.82, 2.24) is 4.90 Å². The summed E-state index contributed by atoms with van der Waals surface area (Å²) in [5.41, 5.74) is 6.75. The molecule has 0 aromatic heterocycles. The van der Waals surface area contributed by atoms with Gasteiger partial charge in [-0.3, -0.25) is 4.79 Å². The molecule has 80 valence electrons. The van der Waals surface area contributed by atoms with E-state index in [9.17, 15) is 4.79 Å². The normalized spacial score (nSPS) is 9.73. The molecule has 0 unspecified atom stereocenters. The molecule has 0 aliphatic heterocycles. The average molecular weight is 269 g/mol. The Hall–Kier alpha value is -1.29. The average Bonchev–Trinajstić information content (AvgIpc) is 2.17. The molecule has 3 nitrogen and oxygen atoms in total. The van der Waals surface area contributed by atoms with Crippen molar-refractivity contribution < 1.29 is 4.79 Å². The van der Waals surface area contributed by atoms with Crippen molar-refractivity contribution in [3.05, 3.63) is 40.9 Å². The first-order valence-electron chi connectivity index (χ1n) is 4.47. The smallest absolute Gasteiger partial charge is 0.255 e. The van der Waals surface area contributed by atoms with Gasteiger partial charge in [-0.1, -0.05) is 22.0 Å². The summed E-state index contributed by atoms with van der Waals surface area (Å²) in [4.78, 5) is 13.4. The van der Waals surface area contributed by atoms with Gasteiger partial charge in [0, 0.05) is 23.8 Å². The van der Waals surface area contributed by atoms with E-state index in [-0.39, 0.29) is 5.91 Å². The van der Waals surface area contributed by atoms with Gasteiger partial charge in [-0.05, 0) is 18.2 Å². The molecule has 0 aliphatic carbocycles. The molecule has 0 heterocycles. The number of likely N-dealkylation sites (N-methyl/N-ethyl adjacent to an activating group) is 1. The molecule has 1 amide bonds. The zero-order chi connectivity index (χ0) is 11.4. The Balaban J connectivity index is 2.96. The number of anilines is 1. The number of carbonyl (C=O) groups excluding carboxylic acids is 1. The van der Waals surface area contributed by atoms with Gasteiger partial charge < -0.3 is 10.6 Å². The molecule has 0 saturated carbocycles. The molecule has 0 atom stereocenters. The van der Waals surface area contributed by atoms with E-state index in [1.807, 2.05) is 0 Å². The first-order valence-corrected chi connectivity index (χ1v) is 5.27. The van der Waals surface area contributed by atoms with Crippen LogP contribution in [0.3, 0.4) is 0 Å². The first kappa shape index (κ1) is 11.8. The topological polar surface area (TPSA) is 46.3 Å². The number of hydrogen-bond donors (Lipinski definition) is 1. The number of hydrogen-bond acceptors (Lipinski definition) is 2. The van der Waals surface area contributed by atoms with E-state index < -0.39 is 0 Å². The molecule has 4 heteroatoms. The maximum absolute atomic E-state index is 11.8. The van der Waals surface area contributed by atoms with Gasteiger partial charge in [0.15, 0.2) is 0 Å². The minimum Gasteiger partial charge on any atom is -0.398 e. The third kappa shape index (κ3) is 2.83. The van der Waals surface area contributed by atoms with Gasteiger partial charge in [-0.15, -0.1) is 6.58 Å². The van der Waals surface area contributed by atoms with Gasteiger partial charge in [-0.2, -0.15) is 0 Å². The van der Waals surface area contributed by atoms with E-state index in [1.54, 1.807) is 36.2 Å². The summed E-state index contributed by atoms with van der Waals surface area (Å²) in [6.45, 7) is 4.09. The molecule has 1 aromatic carbocycles. The van der Waals surface area contributed by atoms with E-state index in [0.717, 1.165) is 4.47 Å². The summed E-state index contributed by atoms with van der Waals surface area (Å²) in [6.07, 6.45) is 1.67. The molecule has 0 fully saturated rings. The van der Waals surface area contributed by atoms with Crippen LogP contribution in [0.1, 0.15) is 10.4 Å². The van der Waals surface area contributed by atoms with Crippen LogP contribution in [0.25, 0.3) is 0 Å². The van der Waals surface area contributed by atoms with Crippen LogP contribution in [0.5, 0.6) is 0 Å². The van der Waals surface area contributed by atoms with Crippen LogP contribution in [0.4, 0.5) is 5.69 Å². The second-order valence-electron chi connectivity index (χ2n) is 3.21. The Labute approximate surface area is 97.7 Å². The van der Waals surface area contributed by atoms with E-state index >= 15 is 0 Å². The fourth-order valence-corrected chi connectivity index (χ4v) is 1.59. The zero-order valence-corrected chi connectivity index (χ0v) is 10.1. The highest BCUT2D eigenvalue weighted by atomic mass is 79.9. The molecule has 1 aromatic rings. The Morgan fingerprint density at radius 3 is 2.87 bits per heavy atom. The van der Waals surface area contributed by atoms with Crippen LogP contribution in [-0.4, -0.2) is 24.4 Å². The lowest BCUT2D eigenvalue weighted by Gasteiger charge is -2.16. The molecule has 0 saturated heterocycles. The molecule has 15 heavy (non-hydrogen) atoms. The van der Waals surface area contributed by atoms with Crippen molar-refractivity contribution in [3.63, 3.8) is 0 Å². The van der Waals surface area contributed by atoms with Crippen LogP contribution >= 0.6 is 15.9 Å². The standard InChI is InChI=1S/C11H13BrN2O/c1-3-6-14(2)11(15)9-5-4-8(12)7-10(9)13/h3-5,7H,1,6,13H2,2H3. The molecular formula is C11H13BrN2O. The van der Waals surface area contributed by atoms with Gasteiger partial charge >= 0.3 is 0 Å². The summed E-state index contributed by atoms with van der Waals surface area (Å²) in [7, 11) is 1.71. The van der Waals surface area contributed by atoms with E-state index in [1.165, 1.54) is 0 Å². The van der Waals surface area contributed by atoms with Crippen molar-refractivity contribution in [2.45, 2.75) is 0 Å². The predicted octanol–water partition coefficient (Wildman–Crippen LogP) is 2.29. The van der Waals surface area contributed by atoms with Gasteiger partial charge in [0.05, 0.1) is 5.56 Å².